The van der Waals surface area contributed by atoms with Gasteiger partial charge in [0.2, 0.25) is 20.4 Å². The Kier molecular flexibility index (Phi) is 15.5. The molecule has 0 aromatic heterocycles. The van der Waals surface area contributed by atoms with Crippen LogP contribution in [-0.4, -0.2) is 85.8 Å². The van der Waals surface area contributed by atoms with Gasteiger partial charge in [0.05, 0.1) is 41.2 Å². The predicted octanol–water partition coefficient (Wildman–Crippen LogP) is 14.6. The number of carbonyl (C=O) groups is 6. The van der Waals surface area contributed by atoms with Gasteiger partial charge in [-0.2, -0.15) is 0 Å². The fraction of sp³-hybridized carbons (Fsp3) is 0.510. The molecule has 74 heavy (non-hydrogen) atoms. The second-order valence-electron chi connectivity index (χ2n) is 20.1. The topological polar surface area (TPSA) is 178 Å². The maximum absolute atomic E-state index is 15.9. The molecular weight excluding hydrogens is 1180 g/mol. The third-order valence-electron chi connectivity index (χ3n) is 11.2. The summed E-state index contributed by atoms with van der Waals surface area (Å²) in [5.74, 6) is -3.83. The Morgan fingerprint density at radius 1 is 0.324 bits per heavy atom. The zero-order valence-corrected chi connectivity index (χ0v) is 52.7. The third-order valence-corrected chi connectivity index (χ3v) is 28.2. The van der Waals surface area contributed by atoms with E-state index in [1.165, 1.54) is 91.3 Å². The normalized spacial score (nSPS) is 20.1. The number of ether oxygens (including phenoxy) is 6. The van der Waals surface area contributed by atoms with Gasteiger partial charge in [-0.15, -0.1) is 141 Å². The first-order valence-corrected chi connectivity index (χ1v) is 32.6. The molecule has 0 radical (unpaired) electrons. The van der Waals surface area contributed by atoms with E-state index in [1.54, 1.807) is 70.6 Å². The molecule has 9 rings (SSSR count). The van der Waals surface area contributed by atoms with Crippen LogP contribution in [0.15, 0.2) is 58.7 Å². The lowest BCUT2D eigenvalue weighted by Crippen LogP contribution is -2.35. The van der Waals surface area contributed by atoms with Gasteiger partial charge < -0.3 is 33.5 Å². The van der Waals surface area contributed by atoms with Crippen molar-refractivity contribution in [2.75, 3.05) is 20.4 Å². The van der Waals surface area contributed by atoms with Gasteiger partial charge in [0.1, 0.15) is 5.60 Å². The molecule has 0 aliphatic carbocycles. The molecule has 3 aromatic carbocycles. The number of hydrogen-bond acceptors (Lipinski definition) is 25. The van der Waals surface area contributed by atoms with E-state index in [2.05, 4.69) is 83.1 Å². The van der Waals surface area contributed by atoms with Crippen molar-refractivity contribution in [3.05, 3.63) is 33.4 Å². The molecule has 398 valence electrons. The summed E-state index contributed by atoms with van der Waals surface area (Å²) in [5.41, 5.74) is 0.494. The second-order valence-corrected chi connectivity index (χ2v) is 41.2. The number of rotatable bonds is 12. The Balaban J connectivity index is 1.48. The molecule has 25 heteroatoms. The minimum Gasteiger partial charge on any atom is -0.428 e. The highest BCUT2D eigenvalue weighted by molar-refractivity contribution is 8.23. The van der Waals surface area contributed by atoms with Gasteiger partial charge in [0, 0.05) is 96.2 Å². The van der Waals surface area contributed by atoms with Crippen LogP contribution in [0.25, 0.3) is 0 Å². The third kappa shape index (κ3) is 10.7. The van der Waals surface area contributed by atoms with Gasteiger partial charge in [0.15, 0.2) is 0 Å². The van der Waals surface area contributed by atoms with Crippen LogP contribution in [0.1, 0.15) is 152 Å². The number of carbonyl (C=O) groups excluding carboxylic acids is 6. The highest BCUT2D eigenvalue weighted by Gasteiger charge is 2.59. The van der Waals surface area contributed by atoms with Crippen molar-refractivity contribution in [2.45, 2.75) is 193 Å². The predicted molar refractivity (Wildman–Crippen MR) is 302 cm³/mol. The molecule has 6 aliphatic rings. The zero-order chi connectivity index (χ0) is 54.2. The summed E-state index contributed by atoms with van der Waals surface area (Å²) in [5, 5.41) is 15.9. The fourth-order valence-electron chi connectivity index (χ4n) is 8.86. The Hall–Kier alpha value is -1.36. The Morgan fingerprint density at radius 3 is 0.649 bits per heavy atom. The van der Waals surface area contributed by atoms with Crippen LogP contribution in [0.2, 0.25) is 0 Å². The van der Waals surface area contributed by atoms with Crippen LogP contribution in [0.3, 0.4) is 0 Å². The van der Waals surface area contributed by atoms with E-state index < -0.39 is 86.3 Å². The number of fused-ring (bicyclic) bond motifs is 6. The van der Waals surface area contributed by atoms with Gasteiger partial charge in [-0.3, -0.25) is 14.4 Å². The molecular formula is C49H52O13S12. The summed E-state index contributed by atoms with van der Waals surface area (Å²) >= 11 is 18.2. The smallest absolute Gasteiger partial charge is 0.343 e. The van der Waals surface area contributed by atoms with E-state index in [9.17, 15) is 28.8 Å². The molecule has 13 nitrogen and oxygen atoms in total. The van der Waals surface area contributed by atoms with E-state index in [-0.39, 0.29) is 0 Å². The van der Waals surface area contributed by atoms with Gasteiger partial charge in [-0.25, -0.2) is 14.4 Å². The van der Waals surface area contributed by atoms with Crippen LogP contribution in [-0.2, 0) is 48.4 Å². The summed E-state index contributed by atoms with van der Waals surface area (Å²) in [6.07, 6.45) is 0. The second kappa shape index (κ2) is 20.0. The van der Waals surface area contributed by atoms with Gasteiger partial charge >= 0.3 is 35.8 Å². The molecule has 0 bridgehead atoms. The number of thioether (sulfide) groups is 12. The average molecular weight is 1230 g/mol. The molecule has 0 unspecified atom stereocenters. The first kappa shape index (κ1) is 57.3. The molecule has 0 atom stereocenters. The lowest BCUT2D eigenvalue weighted by atomic mass is 9.78. The van der Waals surface area contributed by atoms with Crippen LogP contribution < -0.4 is 0 Å². The van der Waals surface area contributed by atoms with E-state index in [0.717, 1.165) is 0 Å². The molecule has 1 N–H and O–H groups in total. The summed E-state index contributed by atoms with van der Waals surface area (Å²) in [7, 11) is 0. The monoisotopic (exact) mass is 1230 g/mol. The minimum atomic E-state index is -2.14. The highest BCUT2D eigenvalue weighted by Crippen LogP contribution is 2.75. The van der Waals surface area contributed by atoms with Crippen molar-refractivity contribution in [3.63, 3.8) is 0 Å². The van der Waals surface area contributed by atoms with Crippen molar-refractivity contribution in [1.29, 1.82) is 0 Å². The number of aliphatic hydroxyl groups is 1. The van der Waals surface area contributed by atoms with Crippen LogP contribution in [0, 0.1) is 0 Å². The summed E-state index contributed by atoms with van der Waals surface area (Å²) in [4.78, 5) is 87.5. The molecule has 0 spiro atoms. The van der Waals surface area contributed by atoms with Gasteiger partial charge in [-0.05, 0) is 83.1 Å². The Morgan fingerprint density at radius 2 is 0.486 bits per heavy atom. The first-order valence-electron chi connectivity index (χ1n) is 22.8. The molecule has 0 fully saturated rings. The molecule has 3 aromatic rings. The Bertz CT molecular complexity index is 2580. The number of benzene rings is 3. The van der Waals surface area contributed by atoms with Crippen molar-refractivity contribution < 1.29 is 62.3 Å². The van der Waals surface area contributed by atoms with E-state index >= 15 is 5.11 Å². The van der Waals surface area contributed by atoms with Crippen LogP contribution in [0.5, 0.6) is 0 Å². The summed E-state index contributed by atoms with van der Waals surface area (Å²) < 4.78 is 29.1. The Labute approximate surface area is 481 Å². The maximum Gasteiger partial charge on any atom is 0.343 e. The SMILES string of the molecule is CC(=O)OCOC(=O)c1c2c(c(C(O)(c3c4c(c(C(=O)OCOC(C)=O)c5c3SC(C)(C)S5)SC(C)(C)S4)c3c4c(c(C(=O)OCOC(C)=O)c5c3SC(C)(C)S5)SC(C)(C)S4)c3c1SC(C)(C)S3)SC(C)(C)S2. The highest BCUT2D eigenvalue weighted by atomic mass is 32.2. The van der Waals surface area contributed by atoms with Crippen LogP contribution in [0.4, 0.5) is 0 Å². The fourth-order valence-corrected chi connectivity index (χ4v) is 26.8. The standard InChI is InChI=1S/C49H52O13S12/c1-19(50)57-16-60-40(53)22-28-34(69-43(4,5)63-28)25(35-29(22)64-44(6,7)70-35)49(56,26-36-30(65-45(8,9)71-36)23(41(54)61-17-58-20(2)51)31-37(26)72-46(10,11)66-31)27-38-32(67-47(12,13)73-38)24(42(55)62-18-59-21(3)52)33-39(27)74-48(14,15)68-33/h56H,16-18H2,1-15H3. The summed E-state index contributed by atoms with van der Waals surface area (Å²) in [6.45, 7) is 26.8. The molecule has 0 saturated heterocycles. The van der Waals surface area contributed by atoms with E-state index in [4.69, 9.17) is 28.4 Å². The van der Waals surface area contributed by atoms with Crippen molar-refractivity contribution in [1.82, 2.24) is 0 Å². The van der Waals surface area contributed by atoms with Crippen molar-refractivity contribution >= 4 is 177 Å². The quantitative estimate of drug-likeness (QED) is 0.0783. The summed E-state index contributed by atoms with van der Waals surface area (Å²) in [6, 6.07) is 0. The van der Waals surface area contributed by atoms with Gasteiger partial charge in [-0.1, -0.05) is 0 Å². The number of esters is 6. The van der Waals surface area contributed by atoms with E-state index in [0.29, 0.717) is 92.1 Å². The lowest BCUT2D eigenvalue weighted by Gasteiger charge is -2.39. The minimum absolute atomic E-state index is 0.316. The van der Waals surface area contributed by atoms with Crippen molar-refractivity contribution in [2.24, 2.45) is 0 Å². The molecule has 6 aliphatic heterocycles. The van der Waals surface area contributed by atoms with Crippen LogP contribution >= 0.6 is 141 Å². The number of hydrogen-bond donors (Lipinski definition) is 1. The first-order chi connectivity index (χ1) is 34.2. The van der Waals surface area contributed by atoms with E-state index in [1.807, 2.05) is 0 Å². The lowest BCUT2D eigenvalue weighted by molar-refractivity contribution is -0.150. The van der Waals surface area contributed by atoms with Crippen molar-refractivity contribution in [3.8, 4) is 0 Å². The molecule has 6 heterocycles. The maximum atomic E-state index is 15.9. The largest absolute Gasteiger partial charge is 0.428 e. The molecule has 0 amide bonds. The molecule has 0 saturated carbocycles. The average Bonchev–Trinajstić information content (AvgIpc) is 4.05. The zero-order valence-electron chi connectivity index (χ0n) is 42.9. The van der Waals surface area contributed by atoms with Gasteiger partial charge in [0.25, 0.3) is 0 Å².